The summed E-state index contributed by atoms with van der Waals surface area (Å²) in [5, 5.41) is 2.48. The van der Waals surface area contributed by atoms with Crippen molar-refractivity contribution in [2.45, 2.75) is 18.5 Å². The molecule has 3 rings (SSSR count). The van der Waals surface area contributed by atoms with E-state index in [0.29, 0.717) is 17.7 Å². The zero-order valence-corrected chi connectivity index (χ0v) is 11.3. The number of rotatable bonds is 2. The molecule has 21 heavy (non-hydrogen) atoms. The van der Waals surface area contributed by atoms with Gasteiger partial charge in [0.2, 0.25) is 5.78 Å². The quantitative estimate of drug-likeness (QED) is 0.860. The lowest BCUT2D eigenvalue weighted by Gasteiger charge is -2.28. The number of para-hydroxylation sites is 1. The summed E-state index contributed by atoms with van der Waals surface area (Å²) in [4.78, 5) is 24.5. The highest BCUT2D eigenvalue weighted by molar-refractivity contribution is 6.21. The van der Waals surface area contributed by atoms with E-state index in [1.54, 1.807) is 54.6 Å². The van der Waals surface area contributed by atoms with Crippen LogP contribution < -0.4 is 5.32 Å². The van der Waals surface area contributed by atoms with E-state index in [2.05, 4.69) is 5.32 Å². The first-order chi connectivity index (χ1) is 10.1. The summed E-state index contributed by atoms with van der Waals surface area (Å²) < 4.78 is 15.0. The first kappa shape index (κ1) is 13.5. The van der Waals surface area contributed by atoms with Crippen molar-refractivity contribution in [2.75, 3.05) is 5.32 Å². The zero-order chi connectivity index (χ0) is 14.9. The molecule has 0 spiro atoms. The molecule has 1 aliphatic carbocycles. The lowest BCUT2D eigenvalue weighted by molar-refractivity contribution is -0.125. The molecule has 0 aromatic heterocycles. The third-order valence-corrected chi connectivity index (χ3v) is 3.75. The van der Waals surface area contributed by atoms with Gasteiger partial charge in [-0.1, -0.05) is 42.5 Å². The van der Waals surface area contributed by atoms with Crippen LogP contribution in [-0.4, -0.2) is 17.4 Å². The molecular formula is C17H14FNO2. The van der Waals surface area contributed by atoms with E-state index in [0.717, 1.165) is 5.56 Å². The summed E-state index contributed by atoms with van der Waals surface area (Å²) in [5.41, 5.74) is -0.923. The molecule has 0 radical (unpaired) electrons. The first-order valence-corrected chi connectivity index (χ1v) is 6.79. The van der Waals surface area contributed by atoms with Crippen molar-refractivity contribution in [2.24, 2.45) is 0 Å². The van der Waals surface area contributed by atoms with Gasteiger partial charge in [0.1, 0.15) is 0 Å². The van der Waals surface area contributed by atoms with Crippen LogP contribution in [0.15, 0.2) is 54.6 Å². The number of aryl methyl sites for hydroxylation is 1. The Balaban J connectivity index is 1.88. The van der Waals surface area contributed by atoms with Gasteiger partial charge in [-0.05, 0) is 24.1 Å². The molecule has 106 valence electrons. The average Bonchev–Trinajstić information content (AvgIpc) is 2.52. The summed E-state index contributed by atoms with van der Waals surface area (Å²) in [5.74, 6) is -1.65. The Kier molecular flexibility index (Phi) is 3.29. The second-order valence-electron chi connectivity index (χ2n) is 5.11. The lowest BCUT2D eigenvalue weighted by atomic mass is 9.80. The Morgan fingerprint density at radius 2 is 1.71 bits per heavy atom. The predicted molar refractivity (Wildman–Crippen MR) is 78.0 cm³/mol. The number of amides is 1. The van der Waals surface area contributed by atoms with E-state index < -0.39 is 17.4 Å². The number of alkyl halides is 1. The summed E-state index contributed by atoms with van der Waals surface area (Å²) in [7, 11) is 0. The number of carbonyl (C=O) groups excluding carboxylic acids is 2. The molecule has 0 saturated heterocycles. The first-order valence-electron chi connectivity index (χ1n) is 6.79. The van der Waals surface area contributed by atoms with Crippen LogP contribution in [0.2, 0.25) is 0 Å². The average molecular weight is 283 g/mol. The molecular weight excluding hydrogens is 269 g/mol. The molecule has 1 aliphatic rings. The van der Waals surface area contributed by atoms with Crippen LogP contribution in [0, 0.1) is 0 Å². The smallest absolute Gasteiger partial charge is 0.270 e. The van der Waals surface area contributed by atoms with Gasteiger partial charge in [-0.15, -0.1) is 0 Å². The van der Waals surface area contributed by atoms with Crippen LogP contribution in [0.3, 0.4) is 0 Å². The predicted octanol–water partition coefficient (Wildman–Crippen LogP) is 3.16. The Hall–Kier alpha value is -2.49. The van der Waals surface area contributed by atoms with Gasteiger partial charge < -0.3 is 5.32 Å². The molecule has 4 heteroatoms. The van der Waals surface area contributed by atoms with Crippen molar-refractivity contribution < 1.29 is 14.0 Å². The molecule has 1 N–H and O–H groups in total. The number of anilines is 1. The minimum atomic E-state index is -2.50. The summed E-state index contributed by atoms with van der Waals surface area (Å²) in [6.45, 7) is 0. The van der Waals surface area contributed by atoms with E-state index in [9.17, 15) is 14.0 Å². The van der Waals surface area contributed by atoms with Gasteiger partial charge in [-0.3, -0.25) is 9.59 Å². The normalized spacial score (nSPS) is 20.7. The fourth-order valence-electron chi connectivity index (χ4n) is 2.56. The fourth-order valence-corrected chi connectivity index (χ4v) is 2.56. The standard InChI is InChI=1S/C17H14FNO2/c18-17(16(21)19-13-7-2-1-3-8-13)11-10-12-6-4-5-9-14(12)15(17)20/h1-9H,10-11H2,(H,19,21). The number of ketones is 1. The third-order valence-electron chi connectivity index (χ3n) is 3.75. The van der Waals surface area contributed by atoms with Crippen molar-refractivity contribution in [3.8, 4) is 0 Å². The zero-order valence-electron chi connectivity index (χ0n) is 11.3. The monoisotopic (exact) mass is 283 g/mol. The lowest BCUT2D eigenvalue weighted by Crippen LogP contribution is -2.48. The second-order valence-corrected chi connectivity index (χ2v) is 5.11. The summed E-state index contributed by atoms with van der Waals surface area (Å²) >= 11 is 0. The molecule has 3 nitrogen and oxygen atoms in total. The second kappa shape index (κ2) is 5.13. The maximum absolute atomic E-state index is 15.0. The maximum atomic E-state index is 15.0. The van der Waals surface area contributed by atoms with Gasteiger partial charge in [-0.25, -0.2) is 4.39 Å². The molecule has 1 amide bonds. The van der Waals surface area contributed by atoms with E-state index in [-0.39, 0.29) is 6.42 Å². The molecule has 0 bridgehead atoms. The number of fused-ring (bicyclic) bond motifs is 1. The number of carbonyl (C=O) groups is 2. The highest BCUT2D eigenvalue weighted by atomic mass is 19.1. The van der Waals surface area contributed by atoms with E-state index in [1.165, 1.54) is 0 Å². The number of hydrogen-bond donors (Lipinski definition) is 1. The Morgan fingerprint density at radius 1 is 1.05 bits per heavy atom. The van der Waals surface area contributed by atoms with E-state index in [1.807, 2.05) is 0 Å². The minimum Gasteiger partial charge on any atom is -0.323 e. The number of benzene rings is 2. The van der Waals surface area contributed by atoms with Crippen LogP contribution in [0.25, 0.3) is 0 Å². The van der Waals surface area contributed by atoms with Crippen molar-refractivity contribution >= 4 is 17.4 Å². The highest BCUT2D eigenvalue weighted by Crippen LogP contribution is 2.32. The minimum absolute atomic E-state index is 0.123. The molecule has 1 unspecified atom stereocenters. The summed E-state index contributed by atoms with van der Waals surface area (Å²) in [6, 6.07) is 15.4. The van der Waals surface area contributed by atoms with Crippen molar-refractivity contribution in [1.82, 2.24) is 0 Å². The fraction of sp³-hybridized carbons (Fsp3) is 0.176. The van der Waals surface area contributed by atoms with Crippen LogP contribution >= 0.6 is 0 Å². The number of hydrogen-bond acceptors (Lipinski definition) is 2. The molecule has 2 aromatic rings. The van der Waals surface area contributed by atoms with Crippen LogP contribution in [-0.2, 0) is 11.2 Å². The Labute approximate surface area is 121 Å². The van der Waals surface area contributed by atoms with Crippen LogP contribution in [0.5, 0.6) is 0 Å². The topological polar surface area (TPSA) is 46.2 Å². The van der Waals surface area contributed by atoms with Crippen molar-refractivity contribution in [1.29, 1.82) is 0 Å². The van der Waals surface area contributed by atoms with Gasteiger partial charge >= 0.3 is 0 Å². The highest BCUT2D eigenvalue weighted by Gasteiger charge is 2.49. The van der Waals surface area contributed by atoms with Gasteiger partial charge in [0.05, 0.1) is 0 Å². The van der Waals surface area contributed by atoms with Crippen molar-refractivity contribution in [3.05, 3.63) is 65.7 Å². The SMILES string of the molecule is O=C(Nc1ccccc1)C1(F)CCc2ccccc2C1=O. The number of Topliss-reactive ketones (excluding diaryl/α,β-unsaturated/α-hetero) is 1. The van der Waals surface area contributed by atoms with Crippen LogP contribution in [0.1, 0.15) is 22.3 Å². The molecule has 0 heterocycles. The Morgan fingerprint density at radius 3 is 2.48 bits per heavy atom. The maximum Gasteiger partial charge on any atom is 0.270 e. The van der Waals surface area contributed by atoms with Crippen molar-refractivity contribution in [3.63, 3.8) is 0 Å². The molecule has 2 aromatic carbocycles. The summed E-state index contributed by atoms with van der Waals surface area (Å²) in [6.07, 6.45) is 0.252. The molecule has 0 saturated carbocycles. The number of halogens is 1. The number of nitrogens with one attached hydrogen (secondary N) is 1. The van der Waals surface area contributed by atoms with E-state index in [4.69, 9.17) is 0 Å². The van der Waals surface area contributed by atoms with Gasteiger partial charge in [-0.2, -0.15) is 0 Å². The third kappa shape index (κ3) is 2.33. The van der Waals surface area contributed by atoms with Crippen LogP contribution in [0.4, 0.5) is 10.1 Å². The van der Waals surface area contributed by atoms with E-state index >= 15 is 0 Å². The van der Waals surface area contributed by atoms with Gasteiger partial charge in [0, 0.05) is 17.7 Å². The molecule has 1 atom stereocenters. The van der Waals surface area contributed by atoms with Gasteiger partial charge in [0.25, 0.3) is 11.6 Å². The molecule has 0 aliphatic heterocycles. The van der Waals surface area contributed by atoms with Gasteiger partial charge in [0.15, 0.2) is 0 Å². The molecule has 0 fully saturated rings. The Bertz CT molecular complexity index is 699. The largest absolute Gasteiger partial charge is 0.323 e.